The highest BCUT2D eigenvalue weighted by Crippen LogP contribution is 2.26. The first-order valence-electron chi connectivity index (χ1n) is 11.2. The monoisotopic (exact) mass is 492 g/mol. The Morgan fingerprint density at radius 3 is 2.68 bits per heavy atom. The quantitative estimate of drug-likeness (QED) is 0.416. The van der Waals surface area contributed by atoms with E-state index in [1.54, 1.807) is 29.7 Å². The summed E-state index contributed by atoms with van der Waals surface area (Å²) < 4.78 is 0. The van der Waals surface area contributed by atoms with E-state index < -0.39 is 0 Å². The zero-order chi connectivity index (χ0) is 23.3. The van der Waals surface area contributed by atoms with E-state index in [0.717, 1.165) is 55.4 Å². The maximum Gasteiger partial charge on any atom is 0.290 e. The number of carbonyl (C=O) groups is 2. The topological polar surface area (TPSA) is 109 Å². The zero-order valence-electron chi connectivity index (χ0n) is 18.4. The summed E-state index contributed by atoms with van der Waals surface area (Å²) >= 11 is 2.57. The first-order chi connectivity index (χ1) is 16.6. The fourth-order valence-corrected chi connectivity index (χ4v) is 5.42. The van der Waals surface area contributed by atoms with Gasteiger partial charge in [0.05, 0.1) is 22.0 Å². The van der Waals surface area contributed by atoms with E-state index in [4.69, 9.17) is 4.98 Å². The Morgan fingerprint density at radius 1 is 1.06 bits per heavy atom. The number of nitrogens with zero attached hydrogens (tertiary/aromatic N) is 3. The van der Waals surface area contributed by atoms with Gasteiger partial charge in [-0.25, -0.2) is 9.97 Å². The Morgan fingerprint density at radius 2 is 1.91 bits per heavy atom. The minimum Gasteiger partial charge on any atom is -0.351 e. The number of hydrogen-bond acceptors (Lipinski definition) is 9. The molecule has 10 heteroatoms. The van der Waals surface area contributed by atoms with Gasteiger partial charge in [-0.3, -0.25) is 19.9 Å². The Kier molecular flexibility index (Phi) is 6.98. The molecule has 0 radical (unpaired) electrons. The minimum atomic E-state index is -0.387. The molecule has 0 unspecified atom stereocenters. The smallest absolute Gasteiger partial charge is 0.290 e. The number of nitrogens with one attached hydrogen (secondary N) is 3. The second-order valence-electron chi connectivity index (χ2n) is 8.26. The van der Waals surface area contributed by atoms with Crippen molar-refractivity contribution < 1.29 is 9.59 Å². The molecule has 3 N–H and O–H groups in total. The van der Waals surface area contributed by atoms with Gasteiger partial charge in [0.1, 0.15) is 0 Å². The number of hydrogen-bond donors (Lipinski definition) is 3. The van der Waals surface area contributed by atoms with Gasteiger partial charge in [-0.05, 0) is 73.2 Å². The molecule has 2 aliphatic rings. The van der Waals surface area contributed by atoms with Crippen LogP contribution < -0.4 is 16.0 Å². The molecule has 5 rings (SSSR count). The van der Waals surface area contributed by atoms with Crippen LogP contribution in [0.1, 0.15) is 37.1 Å². The minimum absolute atomic E-state index is 0.298. The van der Waals surface area contributed by atoms with Crippen LogP contribution in [0.4, 0.5) is 10.7 Å². The Hall–Kier alpha value is -3.08. The highest BCUT2D eigenvalue weighted by atomic mass is 32.2. The lowest BCUT2D eigenvalue weighted by Crippen LogP contribution is -2.37. The highest BCUT2D eigenvalue weighted by molar-refractivity contribution is 8.18. The molecule has 8 nitrogen and oxygen atoms in total. The fourth-order valence-electron chi connectivity index (χ4n) is 4.10. The molecule has 3 aromatic heterocycles. The van der Waals surface area contributed by atoms with Gasteiger partial charge in [-0.2, -0.15) is 11.3 Å². The molecule has 4 heterocycles. The number of carbonyl (C=O) groups excluding carboxylic acids is 2. The fraction of sp³-hybridized carbons (Fsp3) is 0.292. The van der Waals surface area contributed by atoms with E-state index in [9.17, 15) is 9.59 Å². The molecular formula is C24H24N6O2S2. The van der Waals surface area contributed by atoms with Crippen molar-refractivity contribution in [3.63, 3.8) is 0 Å². The van der Waals surface area contributed by atoms with E-state index in [0.29, 0.717) is 28.6 Å². The molecule has 174 valence electrons. The number of imide groups is 1. The third-order valence-corrected chi connectivity index (χ3v) is 7.35. The number of aromatic nitrogens is 3. The number of anilines is 1. The van der Waals surface area contributed by atoms with Crippen molar-refractivity contribution in [1.29, 1.82) is 0 Å². The van der Waals surface area contributed by atoms with Gasteiger partial charge in [-0.1, -0.05) is 6.07 Å². The third-order valence-electron chi connectivity index (χ3n) is 5.85. The predicted molar refractivity (Wildman–Crippen MR) is 135 cm³/mol. The van der Waals surface area contributed by atoms with Crippen LogP contribution in [-0.4, -0.2) is 38.2 Å². The molecule has 34 heavy (non-hydrogen) atoms. The van der Waals surface area contributed by atoms with Gasteiger partial charge >= 0.3 is 0 Å². The van der Waals surface area contributed by atoms with E-state index in [-0.39, 0.29) is 11.1 Å². The molecule has 1 aliphatic heterocycles. The zero-order valence-corrected chi connectivity index (χ0v) is 20.0. The molecule has 3 aromatic rings. The highest BCUT2D eigenvalue weighted by Gasteiger charge is 2.25. The van der Waals surface area contributed by atoms with Crippen molar-refractivity contribution in [2.45, 2.75) is 44.3 Å². The summed E-state index contributed by atoms with van der Waals surface area (Å²) in [7, 11) is 0. The van der Waals surface area contributed by atoms with Crippen LogP contribution in [0.3, 0.4) is 0 Å². The van der Waals surface area contributed by atoms with Gasteiger partial charge in [0.15, 0.2) is 0 Å². The van der Waals surface area contributed by atoms with E-state index in [1.807, 2.05) is 0 Å². The Bertz CT molecular complexity index is 1210. The molecule has 0 bridgehead atoms. The first-order valence-corrected chi connectivity index (χ1v) is 12.9. The van der Waals surface area contributed by atoms with Crippen LogP contribution in [0, 0.1) is 0 Å². The van der Waals surface area contributed by atoms with Crippen LogP contribution in [0.5, 0.6) is 0 Å². The average molecular weight is 493 g/mol. The maximum absolute atomic E-state index is 11.7. The van der Waals surface area contributed by atoms with Crippen LogP contribution in [0.2, 0.25) is 0 Å². The maximum atomic E-state index is 11.7. The van der Waals surface area contributed by atoms with Crippen molar-refractivity contribution in [2.24, 2.45) is 0 Å². The molecule has 1 saturated carbocycles. The summed E-state index contributed by atoms with van der Waals surface area (Å²) in [6.07, 6.45) is 7.42. The lowest BCUT2D eigenvalue weighted by atomic mass is 9.91. The van der Waals surface area contributed by atoms with Crippen LogP contribution in [-0.2, 0) is 11.3 Å². The molecule has 2 fully saturated rings. The Balaban J connectivity index is 1.11. The standard InChI is InChI=1S/C24H24N6O2S2/c31-22-21(34-24(32)30-22)12-18-8-10-25-23(29-18)28-17-6-4-16(5-7-17)26-13-19-2-1-3-20(27-19)15-9-11-33-14-15/h1-3,8-12,14,16-17,26H,4-7,13H2,(H,25,28,29)(H,30,31,32)/t16-,17-. The molecule has 0 atom stereocenters. The van der Waals surface area contributed by atoms with E-state index >= 15 is 0 Å². The number of amides is 2. The average Bonchev–Trinajstić information content (AvgIpc) is 3.49. The number of thiophene rings is 1. The van der Waals surface area contributed by atoms with Crippen molar-refractivity contribution in [2.75, 3.05) is 5.32 Å². The summed E-state index contributed by atoms with van der Waals surface area (Å²) in [5.74, 6) is 0.150. The van der Waals surface area contributed by atoms with Crippen molar-refractivity contribution in [1.82, 2.24) is 25.6 Å². The van der Waals surface area contributed by atoms with Gasteiger partial charge in [0.25, 0.3) is 11.1 Å². The summed E-state index contributed by atoms with van der Waals surface area (Å²) in [4.78, 5) is 37.0. The van der Waals surface area contributed by atoms with Gasteiger partial charge in [0.2, 0.25) is 5.95 Å². The number of pyridine rings is 1. The van der Waals surface area contributed by atoms with E-state index in [1.165, 1.54) is 5.56 Å². The predicted octanol–water partition coefficient (Wildman–Crippen LogP) is 4.44. The summed E-state index contributed by atoms with van der Waals surface area (Å²) in [5.41, 5.74) is 3.83. The summed E-state index contributed by atoms with van der Waals surface area (Å²) in [6, 6.07) is 10.8. The molecule has 0 aromatic carbocycles. The van der Waals surface area contributed by atoms with Gasteiger partial charge in [0, 0.05) is 35.8 Å². The van der Waals surface area contributed by atoms with Crippen molar-refractivity contribution in [3.8, 4) is 11.3 Å². The van der Waals surface area contributed by atoms with Crippen LogP contribution in [0.25, 0.3) is 17.3 Å². The molecule has 1 saturated heterocycles. The van der Waals surface area contributed by atoms with Crippen molar-refractivity contribution in [3.05, 3.63) is 63.6 Å². The summed E-state index contributed by atoms with van der Waals surface area (Å²) in [5, 5.41) is 13.2. The van der Waals surface area contributed by atoms with Crippen LogP contribution in [0.15, 0.2) is 52.2 Å². The Labute approximate surface area is 205 Å². The normalized spacial score (nSPS) is 21.6. The first kappa shape index (κ1) is 22.7. The molecular weight excluding hydrogens is 468 g/mol. The largest absolute Gasteiger partial charge is 0.351 e. The van der Waals surface area contributed by atoms with Gasteiger partial charge < -0.3 is 10.6 Å². The lowest BCUT2D eigenvalue weighted by Gasteiger charge is -2.29. The molecule has 1 aliphatic carbocycles. The van der Waals surface area contributed by atoms with Crippen LogP contribution >= 0.6 is 23.1 Å². The second kappa shape index (κ2) is 10.5. The van der Waals surface area contributed by atoms with E-state index in [2.05, 4.69) is 60.9 Å². The summed E-state index contributed by atoms with van der Waals surface area (Å²) in [6.45, 7) is 0.759. The lowest BCUT2D eigenvalue weighted by molar-refractivity contribution is -0.115. The third kappa shape index (κ3) is 5.69. The second-order valence-corrected chi connectivity index (χ2v) is 10.1. The number of rotatable bonds is 7. The van der Waals surface area contributed by atoms with Crippen molar-refractivity contribution >= 4 is 46.3 Å². The number of thioether (sulfide) groups is 1. The molecule has 2 amide bonds. The molecule has 0 spiro atoms. The van der Waals surface area contributed by atoms with Gasteiger partial charge in [-0.15, -0.1) is 0 Å². The SMILES string of the molecule is O=C1NC(=O)C(=Cc2ccnc(N[C@H]3CC[C@H](NCc4cccc(-c5ccsc5)n4)CC3)n2)S1.